The molecule has 1 aliphatic heterocycles. The zero-order valence-corrected chi connectivity index (χ0v) is 14.5. The Morgan fingerprint density at radius 3 is 2.76 bits per heavy atom. The van der Waals surface area contributed by atoms with E-state index in [0.717, 1.165) is 6.42 Å². The van der Waals surface area contributed by atoms with Crippen LogP contribution in [0.3, 0.4) is 0 Å². The van der Waals surface area contributed by atoms with E-state index in [1.807, 2.05) is 0 Å². The molecule has 0 radical (unpaired) electrons. The Labute approximate surface area is 138 Å². The molecule has 0 saturated carbocycles. The van der Waals surface area contributed by atoms with Crippen LogP contribution in [0.2, 0.25) is 0 Å². The molecular formula is C13H17BrClNO4S. The maximum Gasteiger partial charge on any atom is 0.320 e. The van der Waals surface area contributed by atoms with E-state index in [1.54, 1.807) is 29.2 Å². The van der Waals surface area contributed by atoms with Crippen molar-refractivity contribution in [1.82, 2.24) is 4.90 Å². The average molecular weight is 399 g/mol. The van der Waals surface area contributed by atoms with E-state index in [2.05, 4.69) is 15.9 Å². The molecule has 1 atom stereocenters. The Kier molecular flexibility index (Phi) is 6.65. The maximum atomic E-state index is 12.2. The van der Waals surface area contributed by atoms with Crippen molar-refractivity contribution >= 4 is 44.1 Å². The third-order valence-corrected chi connectivity index (χ3v) is 5.64. The Hall–Kier alpha value is -0.630. The zero-order valence-electron chi connectivity index (χ0n) is 11.2. The van der Waals surface area contributed by atoms with Crippen LogP contribution in [0.5, 0.6) is 0 Å². The van der Waals surface area contributed by atoms with Crippen molar-refractivity contribution in [2.45, 2.75) is 23.8 Å². The molecule has 21 heavy (non-hydrogen) atoms. The molecule has 118 valence electrons. The molecule has 8 heteroatoms. The summed E-state index contributed by atoms with van der Waals surface area (Å²) in [6.07, 6.45) is 1.39. The van der Waals surface area contributed by atoms with Crippen molar-refractivity contribution in [3.8, 4) is 0 Å². The van der Waals surface area contributed by atoms with Crippen LogP contribution in [0.15, 0.2) is 33.6 Å². The van der Waals surface area contributed by atoms with Crippen LogP contribution < -0.4 is 0 Å². The van der Waals surface area contributed by atoms with E-state index in [1.165, 1.54) is 0 Å². The number of halogens is 2. The maximum absolute atomic E-state index is 12.2. The van der Waals surface area contributed by atoms with E-state index in [9.17, 15) is 13.2 Å². The summed E-state index contributed by atoms with van der Waals surface area (Å²) >= 11 is 3.25. The molecule has 0 bridgehead atoms. The molecule has 1 aromatic rings. The summed E-state index contributed by atoms with van der Waals surface area (Å²) in [4.78, 5) is 13.0. The molecule has 5 nitrogen and oxygen atoms in total. The van der Waals surface area contributed by atoms with E-state index in [4.69, 9.17) is 5.11 Å². The Morgan fingerprint density at radius 2 is 2.14 bits per heavy atom. The van der Waals surface area contributed by atoms with Crippen LogP contribution in [0, 0.1) is 0 Å². The van der Waals surface area contributed by atoms with Crippen LogP contribution >= 0.6 is 28.3 Å². The second-order valence-electron chi connectivity index (χ2n) is 4.81. The minimum absolute atomic E-state index is 0. The number of carbonyl (C=O) groups is 1. The number of likely N-dealkylation sites (tertiary alicyclic amines) is 1. The lowest BCUT2D eigenvalue weighted by molar-refractivity contribution is -0.142. The fourth-order valence-electron chi connectivity index (χ4n) is 2.39. The van der Waals surface area contributed by atoms with Crippen molar-refractivity contribution in [2.24, 2.45) is 0 Å². The van der Waals surface area contributed by atoms with Crippen LogP contribution in [-0.2, 0) is 14.6 Å². The van der Waals surface area contributed by atoms with E-state index in [-0.39, 0.29) is 29.6 Å². The van der Waals surface area contributed by atoms with Gasteiger partial charge in [-0.2, -0.15) is 0 Å². The van der Waals surface area contributed by atoms with Gasteiger partial charge in [-0.15, -0.1) is 12.4 Å². The summed E-state index contributed by atoms with van der Waals surface area (Å²) in [5.74, 6) is -0.935. The second-order valence-corrected chi connectivity index (χ2v) is 7.83. The number of hydrogen-bond acceptors (Lipinski definition) is 4. The van der Waals surface area contributed by atoms with Gasteiger partial charge in [-0.25, -0.2) is 8.42 Å². The molecule has 1 saturated heterocycles. The molecule has 1 N–H and O–H groups in total. The largest absolute Gasteiger partial charge is 0.480 e. The highest BCUT2D eigenvalue weighted by atomic mass is 79.9. The summed E-state index contributed by atoms with van der Waals surface area (Å²) in [6.45, 7) is 0.900. The number of aliphatic carboxylic acids is 1. The molecule has 0 amide bonds. The number of hydrogen-bond donors (Lipinski definition) is 1. The zero-order chi connectivity index (χ0) is 14.8. The van der Waals surface area contributed by atoms with Crippen LogP contribution in [-0.4, -0.2) is 49.3 Å². The molecule has 1 heterocycles. The minimum Gasteiger partial charge on any atom is -0.480 e. The van der Waals surface area contributed by atoms with E-state index >= 15 is 0 Å². The van der Waals surface area contributed by atoms with Gasteiger partial charge in [0.2, 0.25) is 0 Å². The predicted octanol–water partition coefficient (Wildman–Crippen LogP) is 2.19. The van der Waals surface area contributed by atoms with Gasteiger partial charge in [0, 0.05) is 11.0 Å². The van der Waals surface area contributed by atoms with Gasteiger partial charge in [-0.3, -0.25) is 9.69 Å². The van der Waals surface area contributed by atoms with Crippen molar-refractivity contribution < 1.29 is 18.3 Å². The minimum atomic E-state index is -3.38. The number of nitrogens with zero attached hydrogens (tertiary/aromatic N) is 1. The van der Waals surface area contributed by atoms with Crippen molar-refractivity contribution in [3.05, 3.63) is 28.7 Å². The fraction of sp³-hybridized carbons (Fsp3) is 0.462. The standard InChI is InChI=1S/C13H16BrNO4S.ClH/c14-10-3-1-4-11(9-10)20(18,19)8-7-15-6-2-5-12(15)13(16)17;/h1,3-4,9,12H,2,5-8H2,(H,16,17);1H/t12-;/m1./s1. The summed E-state index contributed by atoms with van der Waals surface area (Å²) < 4.78 is 25.2. The lowest BCUT2D eigenvalue weighted by Crippen LogP contribution is -2.38. The third kappa shape index (κ3) is 4.67. The molecule has 1 aliphatic rings. The Morgan fingerprint density at radius 1 is 1.43 bits per heavy atom. The van der Waals surface area contributed by atoms with Crippen molar-refractivity contribution in [3.63, 3.8) is 0 Å². The van der Waals surface area contributed by atoms with Crippen LogP contribution in [0.25, 0.3) is 0 Å². The molecule has 0 unspecified atom stereocenters. The fourth-order valence-corrected chi connectivity index (χ4v) is 4.24. The van der Waals surface area contributed by atoms with Gasteiger partial charge >= 0.3 is 5.97 Å². The molecule has 0 spiro atoms. The van der Waals surface area contributed by atoms with E-state index in [0.29, 0.717) is 17.4 Å². The monoisotopic (exact) mass is 397 g/mol. The van der Waals surface area contributed by atoms with Gasteiger partial charge in [0.15, 0.2) is 9.84 Å². The normalized spacial score (nSPS) is 19.2. The number of carboxylic acids is 1. The Balaban J connectivity index is 0.00000220. The topological polar surface area (TPSA) is 74.7 Å². The SMILES string of the molecule is Cl.O=C(O)[C@H]1CCCN1CCS(=O)(=O)c1cccc(Br)c1. The molecule has 1 fully saturated rings. The number of benzene rings is 1. The van der Waals surface area contributed by atoms with Gasteiger partial charge in [0.25, 0.3) is 0 Å². The van der Waals surface area contributed by atoms with Gasteiger partial charge in [-0.1, -0.05) is 22.0 Å². The lowest BCUT2D eigenvalue weighted by Gasteiger charge is -2.20. The third-order valence-electron chi connectivity index (χ3n) is 3.45. The molecule has 0 aliphatic carbocycles. The highest BCUT2D eigenvalue weighted by molar-refractivity contribution is 9.10. The molecule has 2 rings (SSSR count). The summed E-state index contributed by atoms with van der Waals surface area (Å²) in [6, 6.07) is 6.01. The summed E-state index contributed by atoms with van der Waals surface area (Å²) in [5.41, 5.74) is 0. The Bertz CT molecular complexity index is 608. The smallest absolute Gasteiger partial charge is 0.320 e. The highest BCUT2D eigenvalue weighted by Gasteiger charge is 2.31. The second kappa shape index (κ2) is 7.58. The average Bonchev–Trinajstić information content (AvgIpc) is 2.85. The van der Waals surface area contributed by atoms with Gasteiger partial charge in [-0.05, 0) is 37.6 Å². The summed E-state index contributed by atoms with van der Waals surface area (Å²) in [7, 11) is -3.38. The molecule has 1 aromatic carbocycles. The first kappa shape index (κ1) is 18.4. The highest BCUT2D eigenvalue weighted by Crippen LogP contribution is 2.20. The van der Waals surface area contributed by atoms with Crippen molar-refractivity contribution in [1.29, 1.82) is 0 Å². The van der Waals surface area contributed by atoms with Crippen LogP contribution in [0.4, 0.5) is 0 Å². The quantitative estimate of drug-likeness (QED) is 0.823. The van der Waals surface area contributed by atoms with Gasteiger partial charge in [0.05, 0.1) is 10.6 Å². The lowest BCUT2D eigenvalue weighted by atomic mass is 10.2. The predicted molar refractivity (Wildman–Crippen MR) is 85.7 cm³/mol. The van der Waals surface area contributed by atoms with E-state index < -0.39 is 21.8 Å². The number of sulfone groups is 1. The molecular weight excluding hydrogens is 382 g/mol. The number of rotatable bonds is 5. The van der Waals surface area contributed by atoms with Crippen LogP contribution in [0.1, 0.15) is 12.8 Å². The molecule has 0 aromatic heterocycles. The van der Waals surface area contributed by atoms with Gasteiger partial charge in [0.1, 0.15) is 6.04 Å². The van der Waals surface area contributed by atoms with Crippen molar-refractivity contribution in [2.75, 3.05) is 18.8 Å². The van der Waals surface area contributed by atoms with Gasteiger partial charge < -0.3 is 5.11 Å². The summed E-state index contributed by atoms with van der Waals surface area (Å²) in [5, 5.41) is 9.07. The first-order valence-electron chi connectivity index (χ1n) is 6.35. The first-order chi connectivity index (χ1) is 9.40. The number of carboxylic acid groups (broad SMARTS) is 1. The first-order valence-corrected chi connectivity index (χ1v) is 8.80.